The van der Waals surface area contributed by atoms with Gasteiger partial charge in [0.1, 0.15) is 5.82 Å². The van der Waals surface area contributed by atoms with Crippen LogP contribution >= 0.6 is 11.6 Å². The highest BCUT2D eigenvalue weighted by atomic mass is 35.5. The maximum absolute atomic E-state index is 13.9. The lowest BCUT2D eigenvalue weighted by molar-refractivity contribution is 0.188. The molecule has 0 atom stereocenters. The number of nitrogens with zero attached hydrogens (tertiary/aromatic N) is 2. The number of alkyl halides is 2. The number of aliphatic imine (C=N–C) groups is 1. The van der Waals surface area contributed by atoms with Crippen LogP contribution in [0.5, 0.6) is 0 Å². The average molecular weight is 376 g/mol. The number of hydrogen-bond acceptors (Lipinski definition) is 3. The fraction of sp³-hybridized carbons (Fsp3) is 0.125. The van der Waals surface area contributed by atoms with Crippen molar-refractivity contribution in [2.24, 2.45) is 10.7 Å². The number of halogens is 6. The van der Waals surface area contributed by atoms with Gasteiger partial charge in [-0.2, -0.15) is 0 Å². The molecule has 0 aliphatic heterocycles. The zero-order valence-electron chi connectivity index (χ0n) is 12.5. The average Bonchev–Trinajstić information content (AvgIpc) is 2.53. The van der Waals surface area contributed by atoms with Gasteiger partial charge in [0, 0.05) is 24.4 Å². The van der Waals surface area contributed by atoms with Crippen LogP contribution in [0, 0.1) is 17.5 Å². The molecule has 9 heteroatoms. The second kappa shape index (κ2) is 8.06. The maximum atomic E-state index is 13.9. The predicted octanol–water partition coefficient (Wildman–Crippen LogP) is 4.58. The third-order valence-corrected chi connectivity index (χ3v) is 3.20. The number of pyridine rings is 1. The zero-order chi connectivity index (χ0) is 18.6. The summed E-state index contributed by atoms with van der Waals surface area (Å²) in [7, 11) is 0. The van der Waals surface area contributed by atoms with Crippen molar-refractivity contribution in [2.75, 3.05) is 0 Å². The zero-order valence-corrected chi connectivity index (χ0v) is 13.2. The van der Waals surface area contributed by atoms with Gasteiger partial charge in [-0.25, -0.2) is 22.0 Å². The highest BCUT2D eigenvalue weighted by molar-refractivity contribution is 6.30. The van der Waals surface area contributed by atoms with Crippen LogP contribution in [0.15, 0.2) is 47.2 Å². The lowest BCUT2D eigenvalue weighted by Crippen LogP contribution is -2.12. The van der Waals surface area contributed by atoms with Crippen molar-refractivity contribution in [3.63, 3.8) is 0 Å². The van der Waals surface area contributed by atoms with E-state index in [1.165, 1.54) is 6.20 Å². The summed E-state index contributed by atoms with van der Waals surface area (Å²) in [5.74, 6) is -3.02. The normalized spacial score (nSPS) is 12.8. The van der Waals surface area contributed by atoms with Crippen molar-refractivity contribution in [1.29, 1.82) is 0 Å². The molecule has 0 spiro atoms. The van der Waals surface area contributed by atoms with Gasteiger partial charge in [-0.3, -0.25) is 9.98 Å². The van der Waals surface area contributed by atoms with Gasteiger partial charge in [0.05, 0.1) is 22.1 Å². The first-order valence-corrected chi connectivity index (χ1v) is 7.22. The Labute approximate surface area is 144 Å². The number of aromatic nitrogens is 1. The van der Waals surface area contributed by atoms with E-state index in [0.29, 0.717) is 0 Å². The first-order chi connectivity index (χ1) is 11.8. The monoisotopic (exact) mass is 375 g/mol. The second-order valence-corrected chi connectivity index (χ2v) is 5.34. The fourth-order valence-corrected chi connectivity index (χ4v) is 1.99. The highest BCUT2D eigenvalue weighted by Gasteiger charge is 2.12. The van der Waals surface area contributed by atoms with Crippen LogP contribution in [-0.2, 0) is 6.42 Å². The third-order valence-electron chi connectivity index (χ3n) is 2.99. The Morgan fingerprint density at radius 1 is 1.16 bits per heavy atom. The molecule has 3 nitrogen and oxygen atoms in total. The van der Waals surface area contributed by atoms with Crippen molar-refractivity contribution < 1.29 is 22.0 Å². The van der Waals surface area contributed by atoms with E-state index in [1.54, 1.807) is 0 Å². The summed E-state index contributed by atoms with van der Waals surface area (Å²) in [5, 5.41) is 0.0583. The summed E-state index contributed by atoms with van der Waals surface area (Å²) in [6.45, 7) is 0. The van der Waals surface area contributed by atoms with Crippen LogP contribution in [0.1, 0.15) is 5.69 Å². The molecule has 0 aliphatic rings. The van der Waals surface area contributed by atoms with E-state index < -0.39 is 29.6 Å². The molecule has 2 aromatic rings. The van der Waals surface area contributed by atoms with E-state index in [0.717, 1.165) is 30.3 Å². The van der Waals surface area contributed by atoms with Crippen molar-refractivity contribution in [3.05, 3.63) is 70.4 Å². The molecule has 0 saturated carbocycles. The lowest BCUT2D eigenvalue weighted by Gasteiger charge is -2.06. The third kappa shape index (κ3) is 5.25. The summed E-state index contributed by atoms with van der Waals surface area (Å²) in [6, 6.07) is 3.73. The van der Waals surface area contributed by atoms with Crippen molar-refractivity contribution >= 4 is 23.0 Å². The van der Waals surface area contributed by atoms with Gasteiger partial charge >= 0.3 is 0 Å². The van der Waals surface area contributed by atoms with Crippen LogP contribution in [-0.4, -0.2) is 17.1 Å². The lowest BCUT2D eigenvalue weighted by atomic mass is 10.1. The summed E-state index contributed by atoms with van der Waals surface area (Å²) < 4.78 is 65.4. The summed E-state index contributed by atoms with van der Waals surface area (Å²) >= 11 is 5.60. The van der Waals surface area contributed by atoms with Gasteiger partial charge in [0.25, 0.3) is 6.43 Å². The quantitative estimate of drug-likeness (QED) is 0.614. The van der Waals surface area contributed by atoms with Gasteiger partial charge in [0.2, 0.25) is 0 Å². The SMILES string of the molecule is NC(=CC(Cc1ncc(Cl)cc1F)=Nc1ccc(F)c(F)c1)C(F)F. The molecule has 132 valence electrons. The summed E-state index contributed by atoms with van der Waals surface area (Å²) in [5.41, 5.74) is 4.10. The molecule has 0 amide bonds. The van der Waals surface area contributed by atoms with E-state index in [4.69, 9.17) is 17.3 Å². The molecule has 0 bridgehead atoms. The Kier molecular flexibility index (Phi) is 6.08. The maximum Gasteiger partial charge on any atom is 0.277 e. The number of nitrogens with two attached hydrogens (primary N) is 1. The number of hydrogen-bond donors (Lipinski definition) is 1. The molecule has 0 radical (unpaired) electrons. The summed E-state index contributed by atoms with van der Waals surface area (Å²) in [4.78, 5) is 7.69. The number of allylic oxidation sites excluding steroid dienone is 2. The van der Waals surface area contributed by atoms with Gasteiger partial charge in [0.15, 0.2) is 11.6 Å². The molecule has 1 aromatic heterocycles. The molecule has 1 aromatic carbocycles. The standard InChI is InChI=1S/C16H11ClF5N3/c17-8-3-13(20)15(24-7-8)6-10(5-14(23)16(21)22)25-9-1-2-11(18)12(19)4-9/h1-5,7,16H,6,23H2. The van der Waals surface area contributed by atoms with Gasteiger partial charge < -0.3 is 5.73 Å². The van der Waals surface area contributed by atoms with E-state index in [1.807, 2.05) is 0 Å². The van der Waals surface area contributed by atoms with E-state index in [9.17, 15) is 22.0 Å². The molecule has 1 heterocycles. The highest BCUT2D eigenvalue weighted by Crippen LogP contribution is 2.19. The molecule has 0 unspecified atom stereocenters. The Balaban J connectivity index is 2.43. The minimum atomic E-state index is -2.96. The van der Waals surface area contributed by atoms with E-state index in [2.05, 4.69) is 9.98 Å². The minimum Gasteiger partial charge on any atom is -0.397 e. The number of benzene rings is 1. The Morgan fingerprint density at radius 2 is 1.88 bits per heavy atom. The van der Waals surface area contributed by atoms with Crippen molar-refractivity contribution in [2.45, 2.75) is 12.8 Å². The van der Waals surface area contributed by atoms with Crippen LogP contribution in [0.3, 0.4) is 0 Å². The van der Waals surface area contributed by atoms with E-state index >= 15 is 0 Å². The predicted molar refractivity (Wildman–Crippen MR) is 84.6 cm³/mol. The Hall–Kier alpha value is -2.48. The van der Waals surface area contributed by atoms with Gasteiger partial charge in [-0.05, 0) is 24.3 Å². The fourth-order valence-electron chi connectivity index (χ4n) is 1.84. The van der Waals surface area contributed by atoms with Gasteiger partial charge in [-0.15, -0.1) is 0 Å². The van der Waals surface area contributed by atoms with Crippen molar-refractivity contribution in [1.82, 2.24) is 4.98 Å². The van der Waals surface area contributed by atoms with Crippen LogP contribution < -0.4 is 5.73 Å². The molecule has 2 N–H and O–H groups in total. The molecule has 0 aliphatic carbocycles. The van der Waals surface area contributed by atoms with E-state index in [-0.39, 0.29) is 28.5 Å². The first-order valence-electron chi connectivity index (χ1n) is 6.84. The van der Waals surface area contributed by atoms with Crippen LogP contribution in [0.4, 0.5) is 27.6 Å². The summed E-state index contributed by atoms with van der Waals surface area (Å²) in [6.07, 6.45) is -1.26. The van der Waals surface area contributed by atoms with Crippen LogP contribution in [0.2, 0.25) is 5.02 Å². The molecular weight excluding hydrogens is 365 g/mol. The smallest absolute Gasteiger partial charge is 0.277 e. The molecule has 25 heavy (non-hydrogen) atoms. The number of rotatable bonds is 5. The Bertz CT molecular complexity index is 837. The molecule has 0 saturated heterocycles. The second-order valence-electron chi connectivity index (χ2n) is 4.91. The van der Waals surface area contributed by atoms with Crippen LogP contribution in [0.25, 0.3) is 0 Å². The topological polar surface area (TPSA) is 51.3 Å². The largest absolute Gasteiger partial charge is 0.397 e. The molecular formula is C16H11ClF5N3. The molecule has 0 fully saturated rings. The van der Waals surface area contributed by atoms with Crippen molar-refractivity contribution in [3.8, 4) is 0 Å². The van der Waals surface area contributed by atoms with Gasteiger partial charge in [-0.1, -0.05) is 11.6 Å². The Morgan fingerprint density at radius 3 is 2.48 bits per heavy atom. The first kappa shape index (κ1) is 18.9. The molecule has 2 rings (SSSR count). The minimum absolute atomic E-state index is 0.0541.